The Hall–Kier alpha value is -3.36. The average Bonchev–Trinajstić information content (AvgIpc) is 3.08. The molecule has 0 spiro atoms. The van der Waals surface area contributed by atoms with Crippen molar-refractivity contribution in [2.75, 3.05) is 5.73 Å². The Morgan fingerprint density at radius 2 is 2.00 bits per heavy atom. The lowest BCUT2D eigenvalue weighted by molar-refractivity contribution is 0.0944. The monoisotopic (exact) mass is 352 g/mol. The Morgan fingerprint density at radius 3 is 2.73 bits per heavy atom. The highest BCUT2D eigenvalue weighted by Crippen LogP contribution is 2.10. The fourth-order valence-electron chi connectivity index (χ4n) is 2.49. The number of nitrogens with one attached hydrogen (secondary N) is 1. The van der Waals surface area contributed by atoms with E-state index >= 15 is 0 Å². The number of aromatic nitrogens is 6. The molecular formula is C17H20N8O. The number of carbonyl (C=O) groups excluding carboxylic acids is 1. The van der Waals surface area contributed by atoms with Crippen molar-refractivity contribution in [2.24, 2.45) is 5.92 Å². The van der Waals surface area contributed by atoms with Gasteiger partial charge in [0.05, 0.1) is 12.2 Å². The van der Waals surface area contributed by atoms with Crippen molar-refractivity contribution >= 4 is 11.9 Å². The van der Waals surface area contributed by atoms with Crippen LogP contribution in [0.2, 0.25) is 0 Å². The minimum atomic E-state index is -0.355. The van der Waals surface area contributed by atoms with Gasteiger partial charge in [0.2, 0.25) is 5.95 Å². The van der Waals surface area contributed by atoms with Crippen LogP contribution in [0.1, 0.15) is 35.9 Å². The fraction of sp³-hybridized carbons (Fsp3) is 0.294. The van der Waals surface area contributed by atoms with E-state index in [-0.39, 0.29) is 24.1 Å². The van der Waals surface area contributed by atoms with Crippen molar-refractivity contribution in [1.29, 1.82) is 0 Å². The van der Waals surface area contributed by atoms with Gasteiger partial charge < -0.3 is 11.1 Å². The Morgan fingerprint density at radius 1 is 1.23 bits per heavy atom. The summed E-state index contributed by atoms with van der Waals surface area (Å²) in [5.41, 5.74) is 7.51. The molecule has 1 amide bonds. The molecule has 3 aromatic rings. The second-order valence-electron chi connectivity index (χ2n) is 6.23. The van der Waals surface area contributed by atoms with Gasteiger partial charge in [-0.15, -0.1) is 5.10 Å². The normalized spacial score (nSPS) is 10.9. The van der Waals surface area contributed by atoms with E-state index in [9.17, 15) is 4.79 Å². The van der Waals surface area contributed by atoms with Gasteiger partial charge in [-0.05, 0) is 41.0 Å². The third-order valence-electron chi connectivity index (χ3n) is 3.59. The Bertz CT molecular complexity index is 891. The first-order valence-corrected chi connectivity index (χ1v) is 8.27. The number of anilines is 1. The highest BCUT2D eigenvalue weighted by molar-refractivity contribution is 5.92. The summed E-state index contributed by atoms with van der Waals surface area (Å²) in [6.07, 6.45) is 0.721. The second kappa shape index (κ2) is 7.68. The van der Waals surface area contributed by atoms with Gasteiger partial charge in [-0.2, -0.15) is 4.68 Å². The Labute approximate surface area is 150 Å². The van der Waals surface area contributed by atoms with Crippen LogP contribution in [0.4, 0.5) is 5.95 Å². The lowest BCUT2D eigenvalue weighted by atomic mass is 10.1. The first-order chi connectivity index (χ1) is 12.5. The topological polar surface area (TPSA) is 125 Å². The predicted octanol–water partition coefficient (Wildman–Crippen LogP) is 1.16. The first kappa shape index (κ1) is 17.5. The summed E-state index contributed by atoms with van der Waals surface area (Å²) in [6, 6.07) is 11.1. The second-order valence-corrected chi connectivity index (χ2v) is 6.23. The SMILES string of the molecule is CC(C)Cc1cc(C(=O)NCc2nnnn2-c2ccccc2)nc(N)n1. The number of para-hydroxylation sites is 1. The number of tetrazole rings is 1. The van der Waals surface area contributed by atoms with Crippen LogP contribution in [-0.4, -0.2) is 36.1 Å². The fourth-order valence-corrected chi connectivity index (χ4v) is 2.49. The zero-order valence-electron chi connectivity index (χ0n) is 14.6. The minimum absolute atomic E-state index is 0.0856. The molecule has 0 saturated heterocycles. The van der Waals surface area contributed by atoms with Crippen molar-refractivity contribution in [3.05, 3.63) is 53.6 Å². The molecule has 2 heterocycles. The molecule has 0 aliphatic rings. The smallest absolute Gasteiger partial charge is 0.270 e. The van der Waals surface area contributed by atoms with Gasteiger partial charge in [0, 0.05) is 5.69 Å². The maximum atomic E-state index is 12.4. The molecular weight excluding hydrogens is 332 g/mol. The number of nitrogen functional groups attached to an aromatic ring is 1. The molecule has 26 heavy (non-hydrogen) atoms. The van der Waals surface area contributed by atoms with Gasteiger partial charge in [-0.25, -0.2) is 9.97 Å². The summed E-state index contributed by atoms with van der Waals surface area (Å²) in [5.74, 6) is 0.638. The van der Waals surface area contributed by atoms with Crippen LogP contribution in [0.15, 0.2) is 36.4 Å². The van der Waals surface area contributed by atoms with E-state index in [2.05, 4.69) is 44.7 Å². The Kier molecular flexibility index (Phi) is 5.16. The number of amides is 1. The van der Waals surface area contributed by atoms with E-state index in [0.29, 0.717) is 11.7 Å². The van der Waals surface area contributed by atoms with Crippen LogP contribution >= 0.6 is 0 Å². The highest BCUT2D eigenvalue weighted by Gasteiger charge is 2.14. The van der Waals surface area contributed by atoms with Crippen molar-refractivity contribution in [3.63, 3.8) is 0 Å². The largest absolute Gasteiger partial charge is 0.368 e. The number of hydrogen-bond donors (Lipinski definition) is 2. The molecule has 0 radical (unpaired) electrons. The number of hydrogen-bond acceptors (Lipinski definition) is 7. The third-order valence-corrected chi connectivity index (χ3v) is 3.59. The van der Waals surface area contributed by atoms with Gasteiger partial charge in [0.1, 0.15) is 5.69 Å². The average molecular weight is 352 g/mol. The molecule has 9 heteroatoms. The van der Waals surface area contributed by atoms with Crippen molar-refractivity contribution in [2.45, 2.75) is 26.8 Å². The lowest BCUT2D eigenvalue weighted by Crippen LogP contribution is -2.26. The van der Waals surface area contributed by atoms with Crippen LogP contribution in [0.25, 0.3) is 5.69 Å². The van der Waals surface area contributed by atoms with E-state index in [1.165, 1.54) is 0 Å². The predicted molar refractivity (Wildman–Crippen MR) is 95.3 cm³/mol. The molecule has 0 saturated carbocycles. The van der Waals surface area contributed by atoms with E-state index in [0.717, 1.165) is 17.8 Å². The quantitative estimate of drug-likeness (QED) is 0.682. The first-order valence-electron chi connectivity index (χ1n) is 8.27. The molecule has 0 aliphatic carbocycles. The van der Waals surface area contributed by atoms with Crippen molar-refractivity contribution < 1.29 is 4.79 Å². The van der Waals surface area contributed by atoms with Crippen LogP contribution in [0, 0.1) is 5.92 Å². The third kappa shape index (κ3) is 4.18. The number of benzene rings is 1. The van der Waals surface area contributed by atoms with Crippen LogP contribution in [0.5, 0.6) is 0 Å². The number of nitrogens with zero attached hydrogens (tertiary/aromatic N) is 6. The molecule has 0 fully saturated rings. The molecule has 3 rings (SSSR count). The highest BCUT2D eigenvalue weighted by atomic mass is 16.1. The summed E-state index contributed by atoms with van der Waals surface area (Å²) in [7, 11) is 0. The standard InChI is InChI=1S/C17H20N8O/c1-11(2)8-12-9-14(21-17(18)20-12)16(26)19-10-15-22-23-24-25(15)13-6-4-3-5-7-13/h3-7,9,11H,8,10H2,1-2H3,(H,19,26)(H2,18,20,21). The molecule has 0 bridgehead atoms. The molecule has 134 valence electrons. The number of rotatable bonds is 6. The van der Waals surface area contributed by atoms with E-state index in [4.69, 9.17) is 5.73 Å². The van der Waals surface area contributed by atoms with E-state index < -0.39 is 0 Å². The van der Waals surface area contributed by atoms with Gasteiger partial charge in [-0.1, -0.05) is 32.0 Å². The van der Waals surface area contributed by atoms with E-state index in [1.807, 2.05) is 30.3 Å². The molecule has 0 atom stereocenters. The molecule has 0 unspecified atom stereocenters. The summed E-state index contributed by atoms with van der Waals surface area (Å²) in [5, 5.41) is 14.4. The molecule has 9 nitrogen and oxygen atoms in total. The molecule has 1 aromatic carbocycles. The summed E-state index contributed by atoms with van der Waals surface area (Å²) >= 11 is 0. The van der Waals surface area contributed by atoms with Gasteiger partial charge >= 0.3 is 0 Å². The maximum Gasteiger partial charge on any atom is 0.270 e. The van der Waals surface area contributed by atoms with Gasteiger partial charge in [0.25, 0.3) is 5.91 Å². The molecule has 2 aromatic heterocycles. The number of nitrogens with two attached hydrogens (primary N) is 1. The number of carbonyl (C=O) groups is 1. The van der Waals surface area contributed by atoms with Crippen molar-refractivity contribution in [1.82, 2.24) is 35.5 Å². The molecule has 3 N–H and O–H groups in total. The maximum absolute atomic E-state index is 12.4. The lowest BCUT2D eigenvalue weighted by Gasteiger charge is -2.09. The summed E-state index contributed by atoms with van der Waals surface area (Å²) < 4.78 is 1.57. The van der Waals surface area contributed by atoms with Crippen LogP contribution < -0.4 is 11.1 Å². The minimum Gasteiger partial charge on any atom is -0.368 e. The Balaban J connectivity index is 1.72. The van der Waals surface area contributed by atoms with Gasteiger partial charge in [0.15, 0.2) is 5.82 Å². The van der Waals surface area contributed by atoms with E-state index in [1.54, 1.807) is 10.7 Å². The zero-order chi connectivity index (χ0) is 18.5. The van der Waals surface area contributed by atoms with Crippen molar-refractivity contribution in [3.8, 4) is 5.69 Å². The zero-order valence-corrected chi connectivity index (χ0v) is 14.6. The van der Waals surface area contributed by atoms with Crippen LogP contribution in [-0.2, 0) is 13.0 Å². The van der Waals surface area contributed by atoms with Gasteiger partial charge in [-0.3, -0.25) is 4.79 Å². The summed E-state index contributed by atoms with van der Waals surface area (Å²) in [4.78, 5) is 20.6. The molecule has 0 aliphatic heterocycles. The van der Waals surface area contributed by atoms with Crippen LogP contribution in [0.3, 0.4) is 0 Å². The summed E-state index contributed by atoms with van der Waals surface area (Å²) in [6.45, 7) is 4.30.